The first-order valence-corrected chi connectivity index (χ1v) is 5.02. The summed E-state index contributed by atoms with van der Waals surface area (Å²) in [6, 6.07) is 4.22. The van der Waals surface area contributed by atoms with E-state index in [-0.39, 0.29) is 12.0 Å². The molecule has 7 heteroatoms. The lowest BCUT2D eigenvalue weighted by Gasteiger charge is -2.13. The molecule has 0 aliphatic carbocycles. The molecule has 0 aliphatic rings. The predicted octanol–water partition coefficient (Wildman–Crippen LogP) is 1.80. The van der Waals surface area contributed by atoms with Crippen molar-refractivity contribution in [1.82, 2.24) is 0 Å². The minimum atomic E-state index is -4.60. The maximum absolute atomic E-state index is 13.2. The smallest absolute Gasteiger partial charge is 0.422 e. The van der Waals surface area contributed by atoms with Gasteiger partial charge >= 0.3 is 12.1 Å². The molecule has 0 unspecified atom stereocenters. The number of benzene rings is 1. The maximum atomic E-state index is 13.2. The monoisotopic (exact) mass is 265 g/mol. The van der Waals surface area contributed by atoms with Gasteiger partial charge in [-0.3, -0.25) is 4.79 Å². The van der Waals surface area contributed by atoms with Gasteiger partial charge in [0.15, 0.2) is 6.61 Å². The number of halogens is 4. The van der Waals surface area contributed by atoms with Crippen LogP contribution in [0.2, 0.25) is 0 Å². The summed E-state index contributed by atoms with van der Waals surface area (Å²) in [4.78, 5) is 11.1. The topological polar surface area (TPSA) is 52.3 Å². The number of hydrogen-bond donors (Lipinski definition) is 1. The normalized spacial score (nSPS) is 13.2. The zero-order valence-corrected chi connectivity index (χ0v) is 9.21. The van der Waals surface area contributed by atoms with Gasteiger partial charge in [-0.2, -0.15) is 13.2 Å². The van der Waals surface area contributed by atoms with Crippen molar-refractivity contribution in [1.29, 1.82) is 0 Å². The van der Waals surface area contributed by atoms with Crippen LogP contribution in [0.15, 0.2) is 24.3 Å². The quantitative estimate of drug-likeness (QED) is 0.667. The van der Waals surface area contributed by atoms with Crippen LogP contribution in [0.4, 0.5) is 17.6 Å². The molecule has 0 spiro atoms. The minimum absolute atomic E-state index is 0.147. The maximum Gasteiger partial charge on any atom is 0.422 e. The summed E-state index contributed by atoms with van der Waals surface area (Å²) in [5.74, 6) is -1.79. The molecule has 0 amide bonds. The summed E-state index contributed by atoms with van der Waals surface area (Å²) in [7, 11) is 0. The number of esters is 1. The second kappa shape index (κ2) is 5.81. The molecular weight excluding hydrogens is 254 g/mol. The summed E-state index contributed by atoms with van der Waals surface area (Å²) in [5.41, 5.74) is 5.49. The van der Waals surface area contributed by atoms with Crippen molar-refractivity contribution < 1.29 is 27.1 Å². The van der Waals surface area contributed by atoms with Crippen LogP contribution in [-0.4, -0.2) is 24.8 Å². The van der Waals surface area contributed by atoms with E-state index in [0.29, 0.717) is 0 Å². The molecule has 0 heterocycles. The van der Waals surface area contributed by atoms with Gasteiger partial charge in [-0.15, -0.1) is 0 Å². The fraction of sp³-hybridized carbons (Fsp3) is 0.364. The molecule has 0 aliphatic heterocycles. The molecule has 2 N–H and O–H groups in total. The number of alkyl halides is 3. The summed E-state index contributed by atoms with van der Waals surface area (Å²) >= 11 is 0. The van der Waals surface area contributed by atoms with Gasteiger partial charge in [-0.05, 0) is 11.6 Å². The minimum Gasteiger partial charge on any atom is -0.455 e. The Hall–Kier alpha value is -1.63. The number of hydrogen-bond acceptors (Lipinski definition) is 3. The molecule has 0 fully saturated rings. The molecule has 0 bridgehead atoms. The van der Waals surface area contributed by atoms with E-state index in [1.807, 2.05) is 0 Å². The molecular formula is C11H11F4NO2. The second-order valence-electron chi connectivity index (χ2n) is 3.62. The predicted molar refractivity (Wildman–Crippen MR) is 55.1 cm³/mol. The third-order valence-corrected chi connectivity index (χ3v) is 2.08. The molecule has 18 heavy (non-hydrogen) atoms. The number of nitrogens with two attached hydrogens (primary N) is 1. The standard InChI is InChI=1S/C11H11F4NO2/c12-8-4-2-1-3-7(8)5-9(16)10(17)18-6-11(13,14)15/h1-4,9H,5-6,16H2/t9-/m0/s1. The van der Waals surface area contributed by atoms with Crippen molar-refractivity contribution in [3.63, 3.8) is 0 Å². The average molecular weight is 265 g/mol. The van der Waals surface area contributed by atoms with Gasteiger partial charge in [0.1, 0.15) is 11.9 Å². The third kappa shape index (κ3) is 4.70. The van der Waals surface area contributed by atoms with E-state index in [0.717, 1.165) is 0 Å². The number of carbonyl (C=O) groups is 1. The van der Waals surface area contributed by atoms with Crippen LogP contribution in [0.1, 0.15) is 5.56 Å². The van der Waals surface area contributed by atoms with Crippen LogP contribution in [0, 0.1) is 5.82 Å². The van der Waals surface area contributed by atoms with E-state index < -0.39 is 30.6 Å². The van der Waals surface area contributed by atoms with E-state index in [1.54, 1.807) is 0 Å². The number of carbonyl (C=O) groups excluding carboxylic acids is 1. The van der Waals surface area contributed by atoms with E-state index >= 15 is 0 Å². The number of rotatable bonds is 4. The van der Waals surface area contributed by atoms with Gasteiger partial charge in [-0.25, -0.2) is 4.39 Å². The van der Waals surface area contributed by atoms with E-state index in [1.165, 1.54) is 24.3 Å². The van der Waals surface area contributed by atoms with Gasteiger partial charge in [-0.1, -0.05) is 18.2 Å². The molecule has 1 aromatic rings. The average Bonchev–Trinajstić information content (AvgIpc) is 2.28. The Morgan fingerprint density at radius 3 is 2.50 bits per heavy atom. The fourth-order valence-electron chi connectivity index (χ4n) is 1.24. The van der Waals surface area contributed by atoms with Crippen molar-refractivity contribution in [2.75, 3.05) is 6.61 Å². The zero-order chi connectivity index (χ0) is 13.8. The Labute approximate surface area is 101 Å². The van der Waals surface area contributed by atoms with E-state index in [4.69, 9.17) is 5.73 Å². The Balaban J connectivity index is 2.53. The van der Waals surface area contributed by atoms with E-state index in [9.17, 15) is 22.4 Å². The molecule has 100 valence electrons. The van der Waals surface area contributed by atoms with Gasteiger partial charge in [0.2, 0.25) is 0 Å². The van der Waals surface area contributed by atoms with Crippen molar-refractivity contribution in [3.05, 3.63) is 35.6 Å². The fourth-order valence-corrected chi connectivity index (χ4v) is 1.24. The van der Waals surface area contributed by atoms with Crippen molar-refractivity contribution in [2.45, 2.75) is 18.6 Å². The van der Waals surface area contributed by atoms with E-state index in [2.05, 4.69) is 4.74 Å². The molecule has 0 saturated carbocycles. The molecule has 3 nitrogen and oxygen atoms in total. The van der Waals surface area contributed by atoms with Gasteiger partial charge < -0.3 is 10.5 Å². The zero-order valence-electron chi connectivity index (χ0n) is 9.21. The Bertz CT molecular complexity index is 420. The lowest BCUT2D eigenvalue weighted by atomic mass is 10.1. The molecule has 0 aromatic heterocycles. The Kier molecular flexibility index (Phi) is 4.66. The Morgan fingerprint density at radius 1 is 1.33 bits per heavy atom. The lowest BCUT2D eigenvalue weighted by Crippen LogP contribution is -2.36. The van der Waals surface area contributed by atoms with Gasteiger partial charge in [0.25, 0.3) is 0 Å². The summed E-state index contributed by atoms with van der Waals surface area (Å²) in [6.07, 6.45) is -4.82. The summed E-state index contributed by atoms with van der Waals surface area (Å²) in [5, 5.41) is 0. The lowest BCUT2D eigenvalue weighted by molar-refractivity contribution is -0.187. The van der Waals surface area contributed by atoms with Crippen LogP contribution in [0.5, 0.6) is 0 Å². The highest BCUT2D eigenvalue weighted by Gasteiger charge is 2.30. The molecule has 1 rings (SSSR count). The van der Waals surface area contributed by atoms with Gasteiger partial charge in [0.05, 0.1) is 0 Å². The molecule has 1 atom stereocenters. The van der Waals surface area contributed by atoms with Crippen molar-refractivity contribution in [3.8, 4) is 0 Å². The third-order valence-electron chi connectivity index (χ3n) is 2.08. The SMILES string of the molecule is N[C@@H](Cc1ccccc1F)C(=O)OCC(F)(F)F. The first-order chi connectivity index (χ1) is 8.29. The summed E-state index contributed by atoms with van der Waals surface area (Å²) in [6.45, 7) is -1.70. The molecule has 1 aromatic carbocycles. The first kappa shape index (κ1) is 14.4. The van der Waals surface area contributed by atoms with Crippen LogP contribution in [0.3, 0.4) is 0 Å². The molecule has 0 radical (unpaired) electrons. The van der Waals surface area contributed by atoms with Gasteiger partial charge in [0, 0.05) is 6.42 Å². The largest absolute Gasteiger partial charge is 0.455 e. The highest BCUT2D eigenvalue weighted by atomic mass is 19.4. The van der Waals surface area contributed by atoms with Crippen LogP contribution in [-0.2, 0) is 16.0 Å². The van der Waals surface area contributed by atoms with Crippen molar-refractivity contribution in [2.24, 2.45) is 5.73 Å². The molecule has 0 saturated heterocycles. The first-order valence-electron chi connectivity index (χ1n) is 5.02. The second-order valence-corrected chi connectivity index (χ2v) is 3.62. The number of ether oxygens (including phenoxy) is 1. The van der Waals surface area contributed by atoms with Crippen LogP contribution in [0.25, 0.3) is 0 Å². The van der Waals surface area contributed by atoms with Crippen LogP contribution >= 0.6 is 0 Å². The summed E-state index contributed by atoms with van der Waals surface area (Å²) < 4.78 is 52.5. The Morgan fingerprint density at radius 2 is 1.94 bits per heavy atom. The highest BCUT2D eigenvalue weighted by Crippen LogP contribution is 2.15. The van der Waals surface area contributed by atoms with Crippen LogP contribution < -0.4 is 5.73 Å². The van der Waals surface area contributed by atoms with Crippen molar-refractivity contribution >= 4 is 5.97 Å². The highest BCUT2D eigenvalue weighted by molar-refractivity contribution is 5.75.